The molecule has 0 radical (unpaired) electrons. The van der Waals surface area contributed by atoms with Gasteiger partial charge in [-0.05, 0) is 54.2 Å². The van der Waals surface area contributed by atoms with Crippen LogP contribution in [0.4, 0.5) is 15.3 Å². The number of urea groups is 1. The highest BCUT2D eigenvalue weighted by atomic mass is 16.6. The molecule has 1 saturated heterocycles. The van der Waals surface area contributed by atoms with Crippen LogP contribution in [0, 0.1) is 0 Å². The predicted molar refractivity (Wildman–Crippen MR) is 149 cm³/mol. The molecule has 208 valence electrons. The third-order valence-electron chi connectivity index (χ3n) is 7.42. The Morgan fingerprint density at radius 1 is 0.900 bits per heavy atom. The van der Waals surface area contributed by atoms with Gasteiger partial charge in [0.25, 0.3) is 0 Å². The van der Waals surface area contributed by atoms with E-state index in [0.717, 1.165) is 28.8 Å². The number of fused-ring (bicyclic) bond motifs is 1. The van der Waals surface area contributed by atoms with Crippen LogP contribution in [0.15, 0.2) is 78.9 Å². The van der Waals surface area contributed by atoms with Gasteiger partial charge >= 0.3 is 18.1 Å². The van der Waals surface area contributed by atoms with Gasteiger partial charge in [0.1, 0.15) is 12.4 Å². The van der Waals surface area contributed by atoms with Crippen LogP contribution < -0.4 is 10.1 Å². The van der Waals surface area contributed by atoms with Gasteiger partial charge in [0.05, 0.1) is 0 Å². The first-order valence-electron chi connectivity index (χ1n) is 13.6. The van der Waals surface area contributed by atoms with Crippen molar-refractivity contribution < 1.29 is 29.0 Å². The summed E-state index contributed by atoms with van der Waals surface area (Å²) in [5, 5.41) is 12.7. The number of likely N-dealkylation sites (tertiary alicyclic amines) is 1. The smallest absolute Gasteiger partial charge is 0.410 e. The number of benzene rings is 3. The third kappa shape index (κ3) is 6.72. The van der Waals surface area contributed by atoms with Crippen molar-refractivity contribution in [1.29, 1.82) is 0 Å². The van der Waals surface area contributed by atoms with Crippen LogP contribution >= 0.6 is 0 Å². The zero-order chi connectivity index (χ0) is 27.9. The SMILES string of the molecule is O=C(O)[C@@H](Cc1ccc(OCc2ccccc2)cc1)OC(=O)N1CCC(N2CCc3ccccc3NC2=O)CC1. The summed E-state index contributed by atoms with van der Waals surface area (Å²) in [4.78, 5) is 41.0. The minimum Gasteiger partial charge on any atom is -0.489 e. The van der Waals surface area contributed by atoms with Crippen molar-refractivity contribution in [3.63, 3.8) is 0 Å². The fourth-order valence-electron chi connectivity index (χ4n) is 5.15. The zero-order valence-electron chi connectivity index (χ0n) is 22.2. The van der Waals surface area contributed by atoms with Gasteiger partial charge < -0.3 is 29.7 Å². The lowest BCUT2D eigenvalue weighted by atomic mass is 10.0. The number of nitrogens with zero attached hydrogens (tertiary/aromatic N) is 2. The molecule has 0 aromatic heterocycles. The summed E-state index contributed by atoms with van der Waals surface area (Å²) in [5.74, 6) is -0.533. The van der Waals surface area contributed by atoms with Crippen LogP contribution in [0.2, 0.25) is 0 Å². The van der Waals surface area contributed by atoms with Gasteiger partial charge in [-0.3, -0.25) is 0 Å². The van der Waals surface area contributed by atoms with E-state index in [1.54, 1.807) is 24.3 Å². The molecule has 0 unspecified atom stereocenters. The van der Waals surface area contributed by atoms with Crippen LogP contribution in [-0.4, -0.2) is 64.8 Å². The number of nitrogens with one attached hydrogen (secondary N) is 1. The van der Waals surface area contributed by atoms with Gasteiger partial charge in [-0.25, -0.2) is 14.4 Å². The van der Waals surface area contributed by atoms with Crippen LogP contribution in [0.3, 0.4) is 0 Å². The number of hydrogen-bond acceptors (Lipinski definition) is 5. The Labute approximate surface area is 233 Å². The predicted octanol–water partition coefficient (Wildman–Crippen LogP) is 4.95. The Hall–Kier alpha value is -4.53. The lowest BCUT2D eigenvalue weighted by Crippen LogP contribution is -2.50. The highest BCUT2D eigenvalue weighted by molar-refractivity contribution is 5.91. The van der Waals surface area contributed by atoms with E-state index in [1.807, 2.05) is 59.5 Å². The van der Waals surface area contributed by atoms with Gasteiger partial charge in [0.15, 0.2) is 0 Å². The number of carboxylic acids is 1. The molecule has 1 fully saturated rings. The van der Waals surface area contributed by atoms with E-state index in [0.29, 0.717) is 44.8 Å². The largest absolute Gasteiger partial charge is 0.489 e. The summed E-state index contributed by atoms with van der Waals surface area (Å²) < 4.78 is 11.2. The summed E-state index contributed by atoms with van der Waals surface area (Å²) in [6, 6.07) is 24.6. The molecule has 2 N–H and O–H groups in total. The Balaban J connectivity index is 1.10. The summed E-state index contributed by atoms with van der Waals surface area (Å²) in [7, 11) is 0. The average Bonchev–Trinajstić information content (AvgIpc) is 3.15. The van der Waals surface area contributed by atoms with Gasteiger partial charge in [0, 0.05) is 37.8 Å². The van der Waals surface area contributed by atoms with Crippen molar-refractivity contribution >= 4 is 23.8 Å². The fraction of sp³-hybridized carbons (Fsp3) is 0.323. The molecular formula is C31H33N3O6. The molecule has 2 aliphatic heterocycles. The first-order chi connectivity index (χ1) is 19.5. The normalized spacial score (nSPS) is 16.4. The van der Waals surface area contributed by atoms with E-state index < -0.39 is 18.2 Å². The maximum atomic E-state index is 12.9. The Morgan fingerprint density at radius 3 is 2.33 bits per heavy atom. The maximum absolute atomic E-state index is 12.9. The van der Waals surface area contributed by atoms with Gasteiger partial charge in [-0.15, -0.1) is 0 Å². The Bertz CT molecular complexity index is 1320. The van der Waals surface area contributed by atoms with Crippen molar-refractivity contribution in [2.45, 2.75) is 44.4 Å². The molecule has 1 atom stereocenters. The minimum atomic E-state index is -1.31. The van der Waals surface area contributed by atoms with E-state index >= 15 is 0 Å². The number of anilines is 1. The number of carbonyl (C=O) groups excluding carboxylic acids is 2. The number of carboxylic acid groups (broad SMARTS) is 1. The summed E-state index contributed by atoms with van der Waals surface area (Å²) in [6.45, 7) is 1.82. The van der Waals surface area contributed by atoms with Gasteiger partial charge in [-0.1, -0.05) is 60.7 Å². The summed E-state index contributed by atoms with van der Waals surface area (Å²) in [6.07, 6.45) is 0.0441. The van der Waals surface area contributed by atoms with Crippen LogP contribution in [0.25, 0.3) is 0 Å². The Morgan fingerprint density at radius 2 is 1.60 bits per heavy atom. The number of amides is 3. The van der Waals surface area contributed by atoms with E-state index in [4.69, 9.17) is 9.47 Å². The second-order valence-corrected chi connectivity index (χ2v) is 10.1. The first kappa shape index (κ1) is 27.1. The van der Waals surface area contributed by atoms with Gasteiger partial charge in [0.2, 0.25) is 6.10 Å². The fourth-order valence-corrected chi connectivity index (χ4v) is 5.15. The van der Waals surface area contributed by atoms with E-state index in [1.165, 1.54) is 4.90 Å². The molecule has 9 nitrogen and oxygen atoms in total. The molecule has 0 bridgehead atoms. The third-order valence-corrected chi connectivity index (χ3v) is 7.42. The average molecular weight is 544 g/mol. The standard InChI is InChI=1S/C31H33N3O6/c35-29(36)28(20-22-10-12-26(13-11-22)39-21-23-6-2-1-3-7-23)40-31(38)33-17-15-25(16-18-33)34-19-14-24-8-4-5-9-27(24)32-30(34)37/h1-13,25,28H,14-21H2,(H,32,37)(H,35,36)/t28-/m1/s1. The lowest BCUT2D eigenvalue weighted by molar-refractivity contribution is -0.147. The second-order valence-electron chi connectivity index (χ2n) is 10.1. The van der Waals surface area contributed by atoms with Crippen LogP contribution in [0.5, 0.6) is 5.75 Å². The van der Waals surface area contributed by atoms with Gasteiger partial charge in [-0.2, -0.15) is 0 Å². The number of piperidine rings is 1. The van der Waals surface area contributed by atoms with Crippen molar-refractivity contribution in [3.05, 3.63) is 95.6 Å². The highest BCUT2D eigenvalue weighted by Gasteiger charge is 2.33. The number of aliphatic carboxylic acids is 1. The maximum Gasteiger partial charge on any atom is 0.410 e. The van der Waals surface area contributed by atoms with Crippen molar-refractivity contribution in [3.8, 4) is 5.75 Å². The van der Waals surface area contributed by atoms with Crippen LogP contribution in [0.1, 0.15) is 29.5 Å². The van der Waals surface area contributed by atoms with Crippen molar-refractivity contribution in [2.24, 2.45) is 0 Å². The molecule has 0 saturated carbocycles. The number of carbonyl (C=O) groups is 3. The lowest BCUT2D eigenvalue weighted by Gasteiger charge is -2.37. The molecular weight excluding hydrogens is 510 g/mol. The molecule has 0 aliphatic carbocycles. The summed E-state index contributed by atoms with van der Waals surface area (Å²) in [5.41, 5.74) is 3.71. The molecule has 40 heavy (non-hydrogen) atoms. The molecule has 2 aliphatic rings. The quantitative estimate of drug-likeness (QED) is 0.416. The molecule has 2 heterocycles. The topological polar surface area (TPSA) is 108 Å². The monoisotopic (exact) mass is 543 g/mol. The molecule has 0 spiro atoms. The van der Waals surface area contributed by atoms with E-state index in [2.05, 4.69) is 5.32 Å². The number of para-hydroxylation sites is 1. The summed E-state index contributed by atoms with van der Waals surface area (Å²) >= 11 is 0. The molecule has 3 aromatic carbocycles. The van der Waals surface area contributed by atoms with Crippen LogP contribution in [-0.2, 0) is 29.0 Å². The zero-order valence-corrected chi connectivity index (χ0v) is 22.2. The number of hydrogen-bond donors (Lipinski definition) is 2. The molecule has 3 amide bonds. The van der Waals surface area contributed by atoms with Crippen molar-refractivity contribution in [2.75, 3.05) is 25.0 Å². The number of rotatable bonds is 8. The van der Waals surface area contributed by atoms with Crippen molar-refractivity contribution in [1.82, 2.24) is 9.80 Å². The second kappa shape index (κ2) is 12.5. The Kier molecular flexibility index (Phi) is 8.49. The molecule has 5 rings (SSSR count). The van der Waals surface area contributed by atoms with E-state index in [9.17, 15) is 19.5 Å². The molecule has 3 aromatic rings. The minimum absolute atomic E-state index is 0.00347. The first-order valence-corrected chi connectivity index (χ1v) is 13.6. The highest BCUT2D eigenvalue weighted by Crippen LogP contribution is 2.25. The number of ether oxygens (including phenoxy) is 2. The molecule has 9 heteroatoms. The van der Waals surface area contributed by atoms with E-state index in [-0.39, 0.29) is 18.5 Å².